The first-order valence-electron chi connectivity index (χ1n) is 12.0. The number of benzene rings is 1. The molecule has 2 aliphatic rings. The molecule has 0 atom stereocenters. The number of imidazole rings is 1. The molecule has 10 heteroatoms. The van der Waals surface area contributed by atoms with Crippen molar-refractivity contribution in [1.82, 2.24) is 19.5 Å². The third kappa shape index (κ3) is 4.31. The number of aromatic nitrogens is 4. The average molecular weight is 480 g/mol. The van der Waals surface area contributed by atoms with Crippen molar-refractivity contribution in [3.05, 3.63) is 41.4 Å². The SMILES string of the molecule is CC1(C(N)=O)CCC(n2c(Nc3c(F)cc(C#N)cc3F)nc3cnc(CC4CCC4)nc32)CC1. The zero-order chi connectivity index (χ0) is 24.7. The number of fused-ring (bicyclic) bond motifs is 1. The lowest BCUT2D eigenvalue weighted by atomic mass is 9.73. The van der Waals surface area contributed by atoms with E-state index in [1.807, 2.05) is 11.5 Å². The van der Waals surface area contributed by atoms with Crippen LogP contribution in [0.2, 0.25) is 0 Å². The van der Waals surface area contributed by atoms with Gasteiger partial charge in [-0.2, -0.15) is 5.26 Å². The Morgan fingerprint density at radius 1 is 1.23 bits per heavy atom. The Morgan fingerprint density at radius 3 is 2.49 bits per heavy atom. The van der Waals surface area contributed by atoms with Crippen molar-refractivity contribution in [3.8, 4) is 6.07 Å². The number of nitriles is 1. The van der Waals surface area contributed by atoms with Crippen molar-refractivity contribution in [2.75, 3.05) is 5.32 Å². The lowest BCUT2D eigenvalue weighted by molar-refractivity contribution is -0.128. The van der Waals surface area contributed by atoms with E-state index in [1.54, 1.807) is 12.3 Å². The molecule has 3 aromatic rings. The number of hydrogen-bond donors (Lipinski definition) is 2. The second kappa shape index (κ2) is 8.87. The van der Waals surface area contributed by atoms with Crippen molar-refractivity contribution in [3.63, 3.8) is 0 Å². The summed E-state index contributed by atoms with van der Waals surface area (Å²) in [6.45, 7) is 1.87. The van der Waals surface area contributed by atoms with Gasteiger partial charge in [-0.25, -0.2) is 23.7 Å². The van der Waals surface area contributed by atoms with Crippen molar-refractivity contribution in [1.29, 1.82) is 5.26 Å². The highest BCUT2D eigenvalue weighted by atomic mass is 19.1. The van der Waals surface area contributed by atoms with Gasteiger partial charge in [-0.3, -0.25) is 9.36 Å². The lowest BCUT2D eigenvalue weighted by Gasteiger charge is -2.35. The predicted octanol–water partition coefficient (Wildman–Crippen LogP) is 4.67. The molecule has 2 saturated carbocycles. The Morgan fingerprint density at radius 2 is 1.91 bits per heavy atom. The van der Waals surface area contributed by atoms with Gasteiger partial charge in [0.2, 0.25) is 11.9 Å². The zero-order valence-corrected chi connectivity index (χ0v) is 19.5. The fourth-order valence-electron chi connectivity index (χ4n) is 5.03. The second-order valence-corrected chi connectivity index (χ2v) is 10.0. The molecule has 2 heterocycles. The summed E-state index contributed by atoms with van der Waals surface area (Å²) in [6.07, 6.45) is 8.45. The topological polar surface area (TPSA) is 123 Å². The lowest BCUT2D eigenvalue weighted by Crippen LogP contribution is -2.38. The van der Waals surface area contributed by atoms with Crippen LogP contribution in [0, 0.1) is 34.3 Å². The van der Waals surface area contributed by atoms with Gasteiger partial charge in [0.1, 0.15) is 17.0 Å². The molecule has 5 rings (SSSR count). The maximum absolute atomic E-state index is 14.7. The van der Waals surface area contributed by atoms with Crippen LogP contribution < -0.4 is 11.1 Å². The molecule has 0 saturated heterocycles. The molecule has 3 N–H and O–H groups in total. The van der Waals surface area contributed by atoms with Crippen molar-refractivity contribution < 1.29 is 13.6 Å². The van der Waals surface area contributed by atoms with Crippen LogP contribution in [0.5, 0.6) is 0 Å². The third-order valence-corrected chi connectivity index (χ3v) is 7.61. The van der Waals surface area contributed by atoms with Crippen LogP contribution in [0.15, 0.2) is 18.3 Å². The van der Waals surface area contributed by atoms with E-state index in [2.05, 4.69) is 15.3 Å². The summed E-state index contributed by atoms with van der Waals surface area (Å²) in [5, 5.41) is 11.8. The van der Waals surface area contributed by atoms with Gasteiger partial charge in [-0.05, 0) is 43.7 Å². The van der Waals surface area contributed by atoms with E-state index in [-0.39, 0.29) is 29.1 Å². The van der Waals surface area contributed by atoms with E-state index in [0.29, 0.717) is 42.8 Å². The number of nitrogens with zero attached hydrogens (tertiary/aromatic N) is 5. The van der Waals surface area contributed by atoms with E-state index in [9.17, 15) is 13.6 Å². The minimum absolute atomic E-state index is 0.0918. The Hall–Kier alpha value is -3.61. The first-order valence-corrected chi connectivity index (χ1v) is 12.0. The summed E-state index contributed by atoms with van der Waals surface area (Å²) >= 11 is 0. The van der Waals surface area contributed by atoms with Crippen LogP contribution in [0.4, 0.5) is 20.4 Å². The molecule has 8 nitrogen and oxygen atoms in total. The number of carbonyl (C=O) groups is 1. The standard InChI is InChI=1S/C25H27F2N7O/c1-25(23(29)35)7-5-16(6-8-25)34-22-19(13-30-20(32-22)11-14-3-2-4-14)31-24(34)33-21-17(26)9-15(12-28)10-18(21)27/h9-10,13-14,16H,2-8,11H2,1H3,(H2,29,35)(H,31,33). The van der Waals surface area contributed by atoms with E-state index >= 15 is 0 Å². The number of halogens is 2. The van der Waals surface area contributed by atoms with Crippen LogP contribution in [-0.4, -0.2) is 25.4 Å². The molecule has 1 aromatic carbocycles. The van der Waals surface area contributed by atoms with Gasteiger partial charge in [0.25, 0.3) is 0 Å². The minimum atomic E-state index is -0.887. The molecule has 0 unspecified atom stereocenters. The summed E-state index contributed by atoms with van der Waals surface area (Å²) in [6, 6.07) is 3.62. The first-order chi connectivity index (χ1) is 16.8. The van der Waals surface area contributed by atoms with Gasteiger partial charge >= 0.3 is 0 Å². The highest BCUT2D eigenvalue weighted by Crippen LogP contribution is 2.43. The van der Waals surface area contributed by atoms with E-state index in [4.69, 9.17) is 16.0 Å². The van der Waals surface area contributed by atoms with Crippen LogP contribution in [0.25, 0.3) is 11.2 Å². The van der Waals surface area contributed by atoms with Crippen molar-refractivity contribution in [2.45, 2.75) is 64.3 Å². The van der Waals surface area contributed by atoms with Crippen LogP contribution in [-0.2, 0) is 11.2 Å². The van der Waals surface area contributed by atoms with Gasteiger partial charge < -0.3 is 11.1 Å². The fourth-order valence-corrected chi connectivity index (χ4v) is 5.03. The average Bonchev–Trinajstić information content (AvgIpc) is 3.16. The summed E-state index contributed by atoms with van der Waals surface area (Å²) in [5.41, 5.74) is 5.66. The van der Waals surface area contributed by atoms with E-state index < -0.39 is 17.0 Å². The number of anilines is 2. The molecule has 182 valence electrons. The van der Waals surface area contributed by atoms with Gasteiger partial charge in [-0.1, -0.05) is 26.2 Å². The molecule has 35 heavy (non-hydrogen) atoms. The third-order valence-electron chi connectivity index (χ3n) is 7.61. The summed E-state index contributed by atoms with van der Waals surface area (Å²) in [7, 11) is 0. The largest absolute Gasteiger partial charge is 0.369 e. The highest BCUT2D eigenvalue weighted by molar-refractivity contribution is 5.80. The summed E-state index contributed by atoms with van der Waals surface area (Å²) in [5.74, 6) is -0.553. The predicted molar refractivity (Wildman–Crippen MR) is 126 cm³/mol. The van der Waals surface area contributed by atoms with Crippen LogP contribution in [0.1, 0.15) is 69.3 Å². The van der Waals surface area contributed by atoms with Gasteiger partial charge in [0, 0.05) is 17.9 Å². The molecule has 0 radical (unpaired) electrons. The molecule has 0 aliphatic heterocycles. The monoisotopic (exact) mass is 479 g/mol. The number of hydrogen-bond acceptors (Lipinski definition) is 6. The maximum Gasteiger partial charge on any atom is 0.223 e. The number of amides is 1. The van der Waals surface area contributed by atoms with Crippen molar-refractivity contribution in [2.24, 2.45) is 17.1 Å². The minimum Gasteiger partial charge on any atom is -0.369 e. The number of nitrogens with two attached hydrogens (primary N) is 1. The van der Waals surface area contributed by atoms with Crippen LogP contribution in [0.3, 0.4) is 0 Å². The normalized spacial score (nSPS) is 22.5. The van der Waals surface area contributed by atoms with Crippen molar-refractivity contribution >= 4 is 28.7 Å². The molecule has 0 bridgehead atoms. The molecule has 1 amide bonds. The van der Waals surface area contributed by atoms with E-state index in [0.717, 1.165) is 24.4 Å². The Labute approximate surface area is 201 Å². The Balaban J connectivity index is 1.55. The van der Waals surface area contributed by atoms with Crippen LogP contribution >= 0.6 is 0 Å². The van der Waals surface area contributed by atoms with Gasteiger partial charge in [-0.15, -0.1) is 0 Å². The number of nitrogens with one attached hydrogen (secondary N) is 1. The number of carbonyl (C=O) groups excluding carboxylic acids is 1. The number of rotatable bonds is 6. The van der Waals surface area contributed by atoms with Gasteiger partial charge in [0.15, 0.2) is 17.3 Å². The molecule has 2 aromatic heterocycles. The molecule has 2 fully saturated rings. The van der Waals surface area contributed by atoms with E-state index in [1.165, 1.54) is 19.3 Å². The molecule has 2 aliphatic carbocycles. The number of primary amides is 1. The molecule has 0 spiro atoms. The molecular formula is C25H27F2N7O. The quantitative estimate of drug-likeness (QED) is 0.530. The maximum atomic E-state index is 14.7. The van der Waals surface area contributed by atoms with Gasteiger partial charge in [0.05, 0.1) is 17.8 Å². The highest BCUT2D eigenvalue weighted by Gasteiger charge is 2.38. The fraction of sp³-hybridized carbons (Fsp3) is 0.480. The first kappa shape index (κ1) is 23.1. The zero-order valence-electron chi connectivity index (χ0n) is 19.5. The summed E-state index contributed by atoms with van der Waals surface area (Å²) < 4.78 is 31.2. The Bertz CT molecular complexity index is 1310. The smallest absolute Gasteiger partial charge is 0.223 e. The molecular weight excluding hydrogens is 452 g/mol. The Kier molecular flexibility index (Phi) is 5.87. The second-order valence-electron chi connectivity index (χ2n) is 10.0. The summed E-state index contributed by atoms with van der Waals surface area (Å²) in [4.78, 5) is 25.8.